The first-order chi connectivity index (χ1) is 6.77. The fourth-order valence-corrected chi connectivity index (χ4v) is 1.65. The average Bonchev–Trinajstić information content (AvgIpc) is 2.12. The number of aliphatic carboxylic acids is 1. The third kappa shape index (κ3) is 1.77. The summed E-state index contributed by atoms with van der Waals surface area (Å²) < 4.78 is 5.43. The normalized spacial score (nSPS) is 18.4. The van der Waals surface area contributed by atoms with Gasteiger partial charge in [0.2, 0.25) is 0 Å². The Labute approximate surface area is 82.3 Å². The predicted molar refractivity (Wildman–Crippen MR) is 51.1 cm³/mol. The van der Waals surface area contributed by atoms with Gasteiger partial charge in [-0.05, 0) is 11.1 Å². The number of carbonyl (C=O) groups is 1. The van der Waals surface area contributed by atoms with E-state index in [1.165, 1.54) is 11.1 Å². The van der Waals surface area contributed by atoms with E-state index in [1.54, 1.807) is 0 Å². The van der Waals surface area contributed by atoms with Crippen LogP contribution in [0.5, 0.6) is 0 Å². The Kier molecular flexibility index (Phi) is 2.50. The van der Waals surface area contributed by atoms with Crippen LogP contribution in [0.3, 0.4) is 0 Å². The molecule has 0 radical (unpaired) electrons. The van der Waals surface area contributed by atoms with Gasteiger partial charge in [0, 0.05) is 6.42 Å². The zero-order valence-electron chi connectivity index (χ0n) is 7.77. The largest absolute Gasteiger partial charge is 0.481 e. The summed E-state index contributed by atoms with van der Waals surface area (Å²) in [7, 11) is 0. The van der Waals surface area contributed by atoms with Crippen molar-refractivity contribution in [1.82, 2.24) is 0 Å². The highest BCUT2D eigenvalue weighted by Crippen LogP contribution is 2.35. The van der Waals surface area contributed by atoms with E-state index >= 15 is 0 Å². The maximum Gasteiger partial charge on any atom is 0.305 e. The van der Waals surface area contributed by atoms with Gasteiger partial charge >= 0.3 is 5.97 Å². The molecule has 1 atom stereocenters. The lowest BCUT2D eigenvalue weighted by molar-refractivity contribution is -0.138. The van der Waals surface area contributed by atoms with Crippen molar-refractivity contribution < 1.29 is 14.6 Å². The summed E-state index contributed by atoms with van der Waals surface area (Å²) in [6.07, 6.45) is 1.11. The fraction of sp³-hybridized carbons (Fsp3) is 0.364. The summed E-state index contributed by atoms with van der Waals surface area (Å²) in [5, 5.41) is 8.43. The lowest BCUT2D eigenvalue weighted by atomic mass is 9.85. The molecule has 1 aliphatic rings. The zero-order valence-corrected chi connectivity index (χ0v) is 7.77. The molecule has 0 amide bonds. The molecule has 14 heavy (non-hydrogen) atoms. The Morgan fingerprint density at radius 2 is 2.29 bits per heavy atom. The molecule has 1 N–H and O–H groups in total. The van der Waals surface area contributed by atoms with E-state index in [0.717, 1.165) is 6.42 Å². The zero-order chi connectivity index (χ0) is 9.97. The van der Waals surface area contributed by atoms with E-state index in [0.29, 0.717) is 6.61 Å². The highest BCUT2D eigenvalue weighted by Gasteiger charge is 2.25. The predicted octanol–water partition coefficient (Wildman–Crippen LogP) is 1.78. The molecule has 3 heteroatoms. The molecule has 3 nitrogen and oxygen atoms in total. The number of ether oxygens (including phenoxy) is 1. The molecule has 0 fully saturated rings. The standard InChI is InChI=1S/C11H12O3/c12-11(13)5-6-14-10-7-8-3-1-2-4-9(8)10/h1-4,10H,5-7H2,(H,12,13). The second-order valence-corrected chi connectivity index (χ2v) is 3.41. The van der Waals surface area contributed by atoms with Gasteiger partial charge in [-0.15, -0.1) is 0 Å². The molecule has 1 unspecified atom stereocenters. The van der Waals surface area contributed by atoms with Crippen LogP contribution in [-0.4, -0.2) is 17.7 Å². The number of rotatable bonds is 4. The highest BCUT2D eigenvalue weighted by atomic mass is 16.5. The van der Waals surface area contributed by atoms with Gasteiger partial charge in [-0.3, -0.25) is 4.79 Å². The van der Waals surface area contributed by atoms with Crippen molar-refractivity contribution in [3.8, 4) is 0 Å². The average molecular weight is 192 g/mol. The minimum absolute atomic E-state index is 0.0820. The van der Waals surface area contributed by atoms with E-state index in [9.17, 15) is 4.79 Å². The van der Waals surface area contributed by atoms with Crippen LogP contribution in [0.25, 0.3) is 0 Å². The maximum atomic E-state index is 10.3. The van der Waals surface area contributed by atoms with Crippen molar-refractivity contribution in [3.05, 3.63) is 35.4 Å². The van der Waals surface area contributed by atoms with Crippen molar-refractivity contribution in [2.75, 3.05) is 6.61 Å². The minimum atomic E-state index is -0.808. The second kappa shape index (κ2) is 3.80. The van der Waals surface area contributed by atoms with Crippen LogP contribution in [0.4, 0.5) is 0 Å². The summed E-state index contributed by atoms with van der Waals surface area (Å²) in [6, 6.07) is 8.09. The molecule has 2 rings (SSSR count). The van der Waals surface area contributed by atoms with Crippen LogP contribution in [-0.2, 0) is 16.0 Å². The van der Waals surface area contributed by atoms with E-state index in [-0.39, 0.29) is 12.5 Å². The topological polar surface area (TPSA) is 46.5 Å². The third-order valence-electron chi connectivity index (χ3n) is 2.44. The van der Waals surface area contributed by atoms with Crippen LogP contribution in [0.2, 0.25) is 0 Å². The lowest BCUT2D eigenvalue weighted by Crippen LogP contribution is -2.20. The molecule has 0 aliphatic heterocycles. The van der Waals surface area contributed by atoms with Gasteiger partial charge in [-0.25, -0.2) is 0 Å². The number of benzene rings is 1. The van der Waals surface area contributed by atoms with Crippen molar-refractivity contribution >= 4 is 5.97 Å². The minimum Gasteiger partial charge on any atom is -0.481 e. The molecule has 1 aliphatic carbocycles. The third-order valence-corrected chi connectivity index (χ3v) is 2.44. The maximum absolute atomic E-state index is 10.3. The number of hydrogen-bond acceptors (Lipinski definition) is 2. The van der Waals surface area contributed by atoms with E-state index in [1.807, 2.05) is 18.2 Å². The van der Waals surface area contributed by atoms with Crippen LogP contribution >= 0.6 is 0 Å². The van der Waals surface area contributed by atoms with E-state index < -0.39 is 5.97 Å². The Hall–Kier alpha value is -1.35. The molecule has 0 spiro atoms. The quantitative estimate of drug-likeness (QED) is 0.790. The molecule has 1 aromatic carbocycles. The molecule has 1 aromatic rings. The summed E-state index contributed by atoms with van der Waals surface area (Å²) in [5.74, 6) is -0.808. The SMILES string of the molecule is O=C(O)CCOC1Cc2ccccc21. The van der Waals surface area contributed by atoms with Crippen LogP contribution in [0, 0.1) is 0 Å². The summed E-state index contributed by atoms with van der Waals surface area (Å²) >= 11 is 0. The highest BCUT2D eigenvalue weighted by molar-refractivity contribution is 5.66. The van der Waals surface area contributed by atoms with Crippen molar-refractivity contribution in [1.29, 1.82) is 0 Å². The van der Waals surface area contributed by atoms with Crippen LogP contribution in [0.15, 0.2) is 24.3 Å². The van der Waals surface area contributed by atoms with Gasteiger partial charge in [0.25, 0.3) is 0 Å². The molecule has 0 saturated heterocycles. The smallest absolute Gasteiger partial charge is 0.305 e. The van der Waals surface area contributed by atoms with Gasteiger partial charge < -0.3 is 9.84 Å². The Morgan fingerprint density at radius 3 is 3.00 bits per heavy atom. The first-order valence-electron chi connectivity index (χ1n) is 4.68. The molecular weight excluding hydrogens is 180 g/mol. The number of hydrogen-bond donors (Lipinski definition) is 1. The summed E-state index contributed by atoms with van der Waals surface area (Å²) in [6.45, 7) is 0.300. The van der Waals surface area contributed by atoms with Gasteiger partial charge in [-0.2, -0.15) is 0 Å². The Bertz CT molecular complexity index is 346. The van der Waals surface area contributed by atoms with Gasteiger partial charge in [-0.1, -0.05) is 24.3 Å². The summed E-state index contributed by atoms with van der Waals surface area (Å²) in [5.41, 5.74) is 2.52. The molecule has 0 saturated carbocycles. The Balaban J connectivity index is 1.84. The lowest BCUT2D eigenvalue weighted by Gasteiger charge is -2.29. The van der Waals surface area contributed by atoms with Gasteiger partial charge in [0.05, 0.1) is 19.1 Å². The van der Waals surface area contributed by atoms with E-state index in [4.69, 9.17) is 9.84 Å². The van der Waals surface area contributed by atoms with Gasteiger partial charge in [0.1, 0.15) is 0 Å². The Morgan fingerprint density at radius 1 is 1.50 bits per heavy atom. The molecule has 0 heterocycles. The molecule has 0 bridgehead atoms. The molecule has 74 valence electrons. The molecule has 0 aromatic heterocycles. The van der Waals surface area contributed by atoms with Crippen molar-refractivity contribution in [2.45, 2.75) is 18.9 Å². The number of carboxylic acid groups (broad SMARTS) is 1. The van der Waals surface area contributed by atoms with Crippen LogP contribution < -0.4 is 0 Å². The van der Waals surface area contributed by atoms with Crippen molar-refractivity contribution in [2.24, 2.45) is 0 Å². The van der Waals surface area contributed by atoms with Crippen LogP contribution in [0.1, 0.15) is 23.7 Å². The first kappa shape index (κ1) is 9.21. The number of fused-ring (bicyclic) bond motifs is 1. The number of carboxylic acids is 1. The molecular formula is C11H12O3. The van der Waals surface area contributed by atoms with Crippen molar-refractivity contribution in [3.63, 3.8) is 0 Å². The summed E-state index contributed by atoms with van der Waals surface area (Å²) in [4.78, 5) is 10.3. The van der Waals surface area contributed by atoms with E-state index in [2.05, 4.69) is 6.07 Å². The van der Waals surface area contributed by atoms with Gasteiger partial charge in [0.15, 0.2) is 0 Å². The monoisotopic (exact) mass is 192 g/mol. The second-order valence-electron chi connectivity index (χ2n) is 3.41. The first-order valence-corrected chi connectivity index (χ1v) is 4.68. The fourth-order valence-electron chi connectivity index (χ4n) is 1.65.